The molecule has 0 aromatic rings. The van der Waals surface area contributed by atoms with Crippen LogP contribution >= 0.6 is 0 Å². The van der Waals surface area contributed by atoms with Crippen molar-refractivity contribution in [2.75, 3.05) is 33.4 Å². The van der Waals surface area contributed by atoms with Crippen LogP contribution in [0.15, 0.2) is 0 Å². The molecule has 0 amide bonds. The third-order valence-corrected chi connectivity index (χ3v) is 3.22. The summed E-state index contributed by atoms with van der Waals surface area (Å²) in [5, 5.41) is 3.43. The van der Waals surface area contributed by atoms with E-state index in [-0.39, 0.29) is 0 Å². The van der Waals surface area contributed by atoms with Gasteiger partial charge in [0.1, 0.15) is 0 Å². The van der Waals surface area contributed by atoms with Gasteiger partial charge in [0.05, 0.1) is 6.61 Å². The van der Waals surface area contributed by atoms with E-state index in [1.54, 1.807) is 7.11 Å². The Bertz CT molecular complexity index is 133. The summed E-state index contributed by atoms with van der Waals surface area (Å²) in [6, 6.07) is 0. The van der Waals surface area contributed by atoms with Crippen molar-refractivity contribution >= 4 is 0 Å². The average molecular weight is 200 g/mol. The van der Waals surface area contributed by atoms with Crippen LogP contribution in [-0.2, 0) is 4.74 Å². The molecule has 0 aromatic heterocycles. The minimum Gasteiger partial charge on any atom is -0.383 e. The molecule has 3 heteroatoms. The fraction of sp³-hybridized carbons (Fsp3) is 1.00. The van der Waals surface area contributed by atoms with Crippen LogP contribution in [0.4, 0.5) is 0 Å². The highest BCUT2D eigenvalue weighted by Gasteiger charge is 2.19. The molecule has 1 aliphatic carbocycles. The number of nitrogens with two attached hydrogens (primary N) is 1. The molecule has 1 rings (SSSR count). The molecule has 0 saturated heterocycles. The molecule has 14 heavy (non-hydrogen) atoms. The molecule has 0 unspecified atom stereocenters. The molecule has 0 heterocycles. The summed E-state index contributed by atoms with van der Waals surface area (Å²) in [7, 11) is 1.74. The zero-order valence-corrected chi connectivity index (χ0v) is 9.30. The van der Waals surface area contributed by atoms with Gasteiger partial charge in [-0.1, -0.05) is 0 Å². The van der Waals surface area contributed by atoms with Gasteiger partial charge in [-0.3, -0.25) is 0 Å². The Labute approximate surface area is 87.4 Å². The minimum absolute atomic E-state index is 0.797. The van der Waals surface area contributed by atoms with Crippen molar-refractivity contribution < 1.29 is 4.74 Å². The highest BCUT2D eigenvalue weighted by Crippen LogP contribution is 2.27. The molecule has 0 radical (unpaired) electrons. The second kappa shape index (κ2) is 7.21. The minimum atomic E-state index is 0.797. The van der Waals surface area contributed by atoms with E-state index in [2.05, 4.69) is 5.32 Å². The summed E-state index contributed by atoms with van der Waals surface area (Å²) in [6.45, 7) is 3.83. The fourth-order valence-corrected chi connectivity index (χ4v) is 2.15. The first kappa shape index (κ1) is 12.0. The summed E-state index contributed by atoms with van der Waals surface area (Å²) in [5.74, 6) is 1.67. The van der Waals surface area contributed by atoms with Crippen LogP contribution in [-0.4, -0.2) is 33.4 Å². The van der Waals surface area contributed by atoms with E-state index in [1.165, 1.54) is 25.7 Å². The average Bonchev–Trinajstić information content (AvgIpc) is 2.25. The number of methoxy groups -OCH3 is 1. The van der Waals surface area contributed by atoms with Crippen molar-refractivity contribution in [2.45, 2.75) is 25.7 Å². The van der Waals surface area contributed by atoms with Gasteiger partial charge in [0.25, 0.3) is 0 Å². The van der Waals surface area contributed by atoms with Gasteiger partial charge >= 0.3 is 0 Å². The predicted molar refractivity (Wildman–Crippen MR) is 59.2 cm³/mol. The topological polar surface area (TPSA) is 47.3 Å². The molecule has 1 fully saturated rings. The van der Waals surface area contributed by atoms with Gasteiger partial charge in [-0.15, -0.1) is 0 Å². The van der Waals surface area contributed by atoms with Crippen molar-refractivity contribution in [1.29, 1.82) is 0 Å². The predicted octanol–water partition coefficient (Wildman–Crippen LogP) is 0.987. The standard InChI is InChI=1S/C11H24N2O/c1-14-7-6-13-9-11-4-2-10(8-12)3-5-11/h10-11,13H,2-9,12H2,1H3. The number of hydrogen-bond acceptors (Lipinski definition) is 3. The lowest BCUT2D eigenvalue weighted by Crippen LogP contribution is -2.30. The van der Waals surface area contributed by atoms with Crippen molar-refractivity contribution in [3.8, 4) is 0 Å². The normalized spacial score (nSPS) is 27.9. The van der Waals surface area contributed by atoms with E-state index in [9.17, 15) is 0 Å². The smallest absolute Gasteiger partial charge is 0.0587 e. The Balaban J connectivity index is 1.98. The third-order valence-electron chi connectivity index (χ3n) is 3.22. The lowest BCUT2D eigenvalue weighted by molar-refractivity contribution is 0.194. The van der Waals surface area contributed by atoms with Crippen molar-refractivity contribution in [3.05, 3.63) is 0 Å². The highest BCUT2D eigenvalue weighted by atomic mass is 16.5. The molecule has 0 aromatic carbocycles. The maximum atomic E-state index is 5.66. The van der Waals surface area contributed by atoms with Crippen molar-refractivity contribution in [1.82, 2.24) is 5.32 Å². The lowest BCUT2D eigenvalue weighted by atomic mass is 9.82. The van der Waals surface area contributed by atoms with E-state index < -0.39 is 0 Å². The number of rotatable bonds is 6. The summed E-state index contributed by atoms with van der Waals surface area (Å²) < 4.78 is 4.99. The van der Waals surface area contributed by atoms with E-state index >= 15 is 0 Å². The van der Waals surface area contributed by atoms with Gasteiger partial charge in [0.2, 0.25) is 0 Å². The second-order valence-corrected chi connectivity index (χ2v) is 4.32. The van der Waals surface area contributed by atoms with E-state index in [0.29, 0.717) is 0 Å². The fourth-order valence-electron chi connectivity index (χ4n) is 2.15. The molecule has 0 bridgehead atoms. The van der Waals surface area contributed by atoms with Crippen molar-refractivity contribution in [2.24, 2.45) is 17.6 Å². The number of hydrogen-bond donors (Lipinski definition) is 2. The SMILES string of the molecule is COCCNCC1CCC(CN)CC1. The summed E-state index contributed by atoms with van der Waals surface area (Å²) in [6.07, 6.45) is 5.35. The quantitative estimate of drug-likeness (QED) is 0.629. The third kappa shape index (κ3) is 4.40. The first-order chi connectivity index (χ1) is 6.86. The van der Waals surface area contributed by atoms with Gasteiger partial charge in [0.15, 0.2) is 0 Å². The van der Waals surface area contributed by atoms with Crippen molar-refractivity contribution in [3.63, 3.8) is 0 Å². The van der Waals surface area contributed by atoms with Gasteiger partial charge in [-0.25, -0.2) is 0 Å². The van der Waals surface area contributed by atoms with E-state index in [0.717, 1.165) is 38.1 Å². The molecule has 84 valence electrons. The Hall–Kier alpha value is -0.120. The van der Waals surface area contributed by atoms with Gasteiger partial charge in [-0.05, 0) is 50.6 Å². The van der Waals surface area contributed by atoms with Crippen LogP contribution in [0.2, 0.25) is 0 Å². The molecule has 1 aliphatic rings. The van der Waals surface area contributed by atoms with Crippen LogP contribution in [0, 0.1) is 11.8 Å². The molecule has 0 atom stereocenters. The monoisotopic (exact) mass is 200 g/mol. The molecule has 0 spiro atoms. The largest absolute Gasteiger partial charge is 0.383 e. The zero-order valence-electron chi connectivity index (χ0n) is 9.30. The second-order valence-electron chi connectivity index (χ2n) is 4.32. The number of nitrogens with one attached hydrogen (secondary N) is 1. The van der Waals surface area contributed by atoms with E-state index in [4.69, 9.17) is 10.5 Å². The Morgan fingerprint density at radius 1 is 1.21 bits per heavy atom. The first-order valence-electron chi connectivity index (χ1n) is 5.76. The molecule has 3 nitrogen and oxygen atoms in total. The number of ether oxygens (including phenoxy) is 1. The van der Waals surface area contributed by atoms with E-state index in [1.807, 2.05) is 0 Å². The molecular weight excluding hydrogens is 176 g/mol. The van der Waals surface area contributed by atoms with Crippen LogP contribution in [0.5, 0.6) is 0 Å². The Morgan fingerprint density at radius 3 is 2.43 bits per heavy atom. The van der Waals surface area contributed by atoms with Crippen LogP contribution in [0.1, 0.15) is 25.7 Å². The maximum absolute atomic E-state index is 5.66. The first-order valence-corrected chi connectivity index (χ1v) is 5.76. The van der Waals surface area contributed by atoms with Gasteiger partial charge in [-0.2, -0.15) is 0 Å². The summed E-state index contributed by atoms with van der Waals surface area (Å²) in [4.78, 5) is 0. The maximum Gasteiger partial charge on any atom is 0.0587 e. The molecular formula is C11H24N2O. The highest BCUT2D eigenvalue weighted by molar-refractivity contribution is 4.74. The molecule has 3 N–H and O–H groups in total. The summed E-state index contributed by atoms with van der Waals surface area (Å²) in [5.41, 5.74) is 5.66. The molecule has 1 saturated carbocycles. The van der Waals surface area contributed by atoms with Crippen LogP contribution < -0.4 is 11.1 Å². The Morgan fingerprint density at radius 2 is 1.86 bits per heavy atom. The molecule has 0 aliphatic heterocycles. The Kier molecular flexibility index (Phi) is 6.15. The van der Waals surface area contributed by atoms with Crippen LogP contribution in [0.25, 0.3) is 0 Å². The lowest BCUT2D eigenvalue weighted by Gasteiger charge is -2.27. The summed E-state index contributed by atoms with van der Waals surface area (Å²) >= 11 is 0. The van der Waals surface area contributed by atoms with Gasteiger partial charge in [0, 0.05) is 13.7 Å². The zero-order chi connectivity index (χ0) is 10.2. The van der Waals surface area contributed by atoms with Crippen LogP contribution in [0.3, 0.4) is 0 Å². The van der Waals surface area contributed by atoms with Gasteiger partial charge < -0.3 is 15.8 Å².